The van der Waals surface area contributed by atoms with Crippen LogP contribution < -0.4 is 21.3 Å². The Bertz CT molecular complexity index is 1260. The molecule has 252 valence electrons. The van der Waals surface area contributed by atoms with Crippen molar-refractivity contribution in [2.45, 2.75) is 133 Å². The lowest BCUT2D eigenvalue weighted by Gasteiger charge is -2.34. The predicted octanol–water partition coefficient (Wildman–Crippen LogP) is 4.53. The molecule has 0 aromatic rings. The van der Waals surface area contributed by atoms with E-state index < -0.39 is 0 Å². The van der Waals surface area contributed by atoms with Gasteiger partial charge in [0.2, 0.25) is 11.6 Å². The fourth-order valence-electron chi connectivity index (χ4n) is 8.75. The molecule has 6 rings (SSSR count). The molecule has 4 N–H and O–H groups in total. The average Bonchev–Trinajstić information content (AvgIpc) is 3.63. The van der Waals surface area contributed by atoms with E-state index >= 15 is 0 Å². The number of amides is 4. The second-order valence-corrected chi connectivity index (χ2v) is 14.5. The summed E-state index contributed by atoms with van der Waals surface area (Å²) in [5, 5.41) is 21.6. The van der Waals surface area contributed by atoms with E-state index in [2.05, 4.69) is 32.2 Å². The third-order valence-electron chi connectivity index (χ3n) is 11.3. The lowest BCUT2D eigenvalue weighted by Crippen LogP contribution is -2.40. The Hall–Kier alpha value is -4.06. The lowest BCUT2D eigenvalue weighted by molar-refractivity contribution is -0.118. The van der Waals surface area contributed by atoms with Gasteiger partial charge in [-0.25, -0.2) is 14.4 Å². The molecule has 0 aromatic heterocycles. The highest BCUT2D eigenvalue weighted by Crippen LogP contribution is 2.36. The topological polar surface area (TPSA) is 163 Å². The van der Waals surface area contributed by atoms with Gasteiger partial charge in [0.1, 0.15) is 23.9 Å². The van der Waals surface area contributed by atoms with Crippen molar-refractivity contribution in [2.24, 2.45) is 23.7 Å². The van der Waals surface area contributed by atoms with Crippen LogP contribution in [-0.4, -0.2) is 60.4 Å². The van der Waals surface area contributed by atoms with Crippen molar-refractivity contribution < 1.29 is 28.7 Å². The van der Waals surface area contributed by atoms with E-state index in [4.69, 9.17) is 16.0 Å². The first-order chi connectivity index (χ1) is 22.8. The zero-order chi connectivity index (χ0) is 32.9. The zero-order valence-electron chi connectivity index (χ0n) is 26.9. The molecule has 2 aliphatic heterocycles. The molecular formula is C35H46N6O6. The highest BCUT2D eigenvalue weighted by atomic mass is 16.6. The van der Waals surface area contributed by atoms with Crippen LogP contribution >= 0.6 is 0 Å². The van der Waals surface area contributed by atoms with Crippen molar-refractivity contribution in [3.8, 4) is 6.07 Å². The summed E-state index contributed by atoms with van der Waals surface area (Å²) < 4.78 is 10.5. The number of ether oxygens (including phenoxy) is 2. The molecule has 12 nitrogen and oxygen atoms in total. The molecule has 4 saturated carbocycles. The molecule has 12 heteroatoms. The highest BCUT2D eigenvalue weighted by molar-refractivity contribution is 5.97. The van der Waals surface area contributed by atoms with Gasteiger partial charge in [0.25, 0.3) is 5.91 Å². The summed E-state index contributed by atoms with van der Waals surface area (Å²) >= 11 is 0. The quantitative estimate of drug-likeness (QED) is 0.171. The number of hydrogen-bond acceptors (Lipinski definition) is 7. The van der Waals surface area contributed by atoms with Crippen molar-refractivity contribution in [1.29, 1.82) is 5.26 Å². The van der Waals surface area contributed by atoms with Gasteiger partial charge in [-0.3, -0.25) is 9.59 Å². The van der Waals surface area contributed by atoms with Crippen LogP contribution in [-0.2, 0) is 19.1 Å². The van der Waals surface area contributed by atoms with Crippen LogP contribution in [0.15, 0.2) is 23.4 Å². The minimum atomic E-state index is -0.386. The number of nitrogens with one attached hydrogen (secondary N) is 4. The van der Waals surface area contributed by atoms with Gasteiger partial charge >= 0.3 is 12.2 Å². The van der Waals surface area contributed by atoms with Gasteiger partial charge in [-0.05, 0) is 120 Å². The summed E-state index contributed by atoms with van der Waals surface area (Å²) in [7, 11) is 0. The van der Waals surface area contributed by atoms with Gasteiger partial charge in [-0.1, -0.05) is 12.2 Å². The average molecular weight is 647 g/mol. The summed E-state index contributed by atoms with van der Waals surface area (Å²) in [4.78, 5) is 52.5. The SMILES string of the molecule is [C-]#[N+]/C(=C\C1CCC2OC(=O)NC2C1)C(=O)NC1CCC(CC2CCC(NC(=O)/C(C#N)=C/C3CCC4OC(=O)NC4C3)CC2)CC1. The second-order valence-electron chi connectivity index (χ2n) is 14.5. The molecule has 0 spiro atoms. The Morgan fingerprint density at radius 2 is 1.26 bits per heavy atom. The van der Waals surface area contributed by atoms with Crippen LogP contribution in [0.4, 0.5) is 9.59 Å². The molecule has 2 saturated heterocycles. The Morgan fingerprint density at radius 1 is 0.766 bits per heavy atom. The fourth-order valence-corrected chi connectivity index (χ4v) is 8.75. The normalized spacial score (nSPS) is 37.0. The van der Waals surface area contributed by atoms with E-state index in [1.54, 1.807) is 12.2 Å². The van der Waals surface area contributed by atoms with Crippen LogP contribution in [0.1, 0.15) is 96.3 Å². The molecule has 4 aliphatic carbocycles. The van der Waals surface area contributed by atoms with Crippen LogP contribution in [0.25, 0.3) is 4.85 Å². The van der Waals surface area contributed by atoms with Gasteiger partial charge in [0, 0.05) is 12.1 Å². The maximum atomic E-state index is 13.0. The van der Waals surface area contributed by atoms with Gasteiger partial charge < -0.3 is 30.7 Å². The Morgan fingerprint density at radius 3 is 1.74 bits per heavy atom. The van der Waals surface area contributed by atoms with Crippen molar-refractivity contribution >= 4 is 24.0 Å². The molecule has 0 radical (unpaired) electrons. The molecule has 4 amide bonds. The van der Waals surface area contributed by atoms with Crippen molar-refractivity contribution in [3.63, 3.8) is 0 Å². The largest absolute Gasteiger partial charge is 0.444 e. The number of carbonyl (C=O) groups excluding carboxylic acids is 4. The summed E-state index contributed by atoms with van der Waals surface area (Å²) in [6.07, 6.45) is 16.0. The first-order valence-electron chi connectivity index (χ1n) is 17.5. The number of nitrogens with zero attached hydrogens (tertiary/aromatic N) is 2. The first-order valence-corrected chi connectivity index (χ1v) is 17.5. The second kappa shape index (κ2) is 14.8. The van der Waals surface area contributed by atoms with Crippen LogP contribution in [0.5, 0.6) is 0 Å². The van der Waals surface area contributed by atoms with Crippen molar-refractivity contribution in [3.05, 3.63) is 34.8 Å². The van der Waals surface area contributed by atoms with E-state index in [0.29, 0.717) is 24.7 Å². The number of alkyl carbamates (subject to hydrolysis) is 2. The zero-order valence-corrected chi connectivity index (χ0v) is 26.9. The molecule has 0 aromatic carbocycles. The van der Waals surface area contributed by atoms with Crippen LogP contribution in [0, 0.1) is 41.6 Å². The van der Waals surface area contributed by atoms with E-state index in [1.165, 1.54) is 0 Å². The molecule has 6 atom stereocenters. The van der Waals surface area contributed by atoms with Crippen LogP contribution in [0.3, 0.4) is 0 Å². The number of fused-ring (bicyclic) bond motifs is 2. The highest BCUT2D eigenvalue weighted by Gasteiger charge is 2.40. The molecule has 6 aliphatic rings. The third kappa shape index (κ3) is 8.27. The minimum Gasteiger partial charge on any atom is -0.444 e. The summed E-state index contributed by atoms with van der Waals surface area (Å²) in [6, 6.07) is 2.14. The smallest absolute Gasteiger partial charge is 0.407 e. The van der Waals surface area contributed by atoms with Crippen molar-refractivity contribution in [1.82, 2.24) is 21.3 Å². The Balaban J connectivity index is 0.884. The van der Waals surface area contributed by atoms with Crippen molar-refractivity contribution in [2.75, 3.05) is 0 Å². The van der Waals surface area contributed by atoms with Gasteiger partial charge in [-0.2, -0.15) is 5.26 Å². The maximum absolute atomic E-state index is 13.0. The predicted molar refractivity (Wildman–Crippen MR) is 170 cm³/mol. The van der Waals surface area contributed by atoms with Crippen LogP contribution in [0.2, 0.25) is 0 Å². The van der Waals surface area contributed by atoms with E-state index in [-0.39, 0.29) is 83.5 Å². The van der Waals surface area contributed by atoms with Gasteiger partial charge in [0.05, 0.1) is 18.7 Å². The number of rotatable bonds is 8. The number of carbonyl (C=O) groups is 4. The maximum Gasteiger partial charge on any atom is 0.407 e. The number of allylic oxidation sites excluding steroid dienone is 2. The molecular weight excluding hydrogens is 600 g/mol. The molecule has 0 bridgehead atoms. The first kappa shape index (κ1) is 32.9. The third-order valence-corrected chi connectivity index (χ3v) is 11.3. The number of hydrogen-bond donors (Lipinski definition) is 4. The van der Waals surface area contributed by atoms with E-state index in [1.807, 2.05) is 0 Å². The molecule has 2 heterocycles. The van der Waals surface area contributed by atoms with E-state index in [9.17, 15) is 24.4 Å². The summed E-state index contributed by atoms with van der Waals surface area (Å²) in [6.45, 7) is 7.59. The Kier molecular flexibility index (Phi) is 10.3. The van der Waals surface area contributed by atoms with E-state index in [0.717, 1.165) is 83.5 Å². The lowest BCUT2D eigenvalue weighted by atomic mass is 9.75. The van der Waals surface area contributed by atoms with Gasteiger partial charge in [0.15, 0.2) is 0 Å². The standard InChI is InChI=1S/C35H46N6O6/c1-37-29(18-23-7-13-31-28(17-23)41-35(45)47-31)33(43)39-26-10-4-21(5-11-26)14-20-2-8-25(9-3-20)38-32(42)24(19-36)15-22-6-12-30-27(16-22)40-34(44)46-30/h15,18,20-23,25-28,30-31H,2-14,16-17H2,(H,38,42)(H,39,43)(H,40,44)(H,41,45)/b24-15+,29-18-. The molecule has 6 unspecified atom stereocenters. The molecule has 47 heavy (non-hydrogen) atoms. The summed E-state index contributed by atoms with van der Waals surface area (Å²) in [5.41, 5.74) is 0.299. The number of nitriles is 1. The van der Waals surface area contributed by atoms with Gasteiger partial charge in [-0.15, -0.1) is 0 Å². The molecule has 6 fully saturated rings. The monoisotopic (exact) mass is 646 g/mol. The minimum absolute atomic E-state index is 0.0498. The fraction of sp³-hybridized carbons (Fsp3) is 0.714. The Labute approximate surface area is 276 Å². The summed E-state index contributed by atoms with van der Waals surface area (Å²) in [5.74, 6) is 0.773.